The van der Waals surface area contributed by atoms with Crippen LogP contribution >= 0.6 is 12.6 Å². The van der Waals surface area contributed by atoms with Gasteiger partial charge in [0.1, 0.15) is 6.04 Å². The minimum absolute atomic E-state index is 0.143. The van der Waals surface area contributed by atoms with Crippen molar-refractivity contribution in [1.82, 2.24) is 4.31 Å². The molecule has 3 aromatic rings. The van der Waals surface area contributed by atoms with Gasteiger partial charge in [-0.3, -0.25) is 9.59 Å². The number of fused-ring (bicyclic) bond motifs is 1. The van der Waals surface area contributed by atoms with E-state index in [1.54, 1.807) is 49.4 Å². The van der Waals surface area contributed by atoms with E-state index in [0.29, 0.717) is 18.7 Å². The summed E-state index contributed by atoms with van der Waals surface area (Å²) in [5.74, 6) is -0.737. The van der Waals surface area contributed by atoms with Gasteiger partial charge in [0, 0.05) is 17.5 Å². The molecule has 0 radical (unpaired) electrons. The summed E-state index contributed by atoms with van der Waals surface area (Å²) in [5.41, 5.74) is 1.27. The summed E-state index contributed by atoms with van der Waals surface area (Å²) in [7, 11) is -3.90. The molecule has 1 aliphatic heterocycles. The fourth-order valence-corrected chi connectivity index (χ4v) is 6.23. The van der Waals surface area contributed by atoms with Gasteiger partial charge in [0.2, 0.25) is 15.9 Å². The first-order chi connectivity index (χ1) is 16.3. The lowest BCUT2D eigenvalue weighted by atomic mass is 10.1. The number of hydrogen-bond donors (Lipinski definition) is 2. The number of thiol groups is 1. The lowest BCUT2D eigenvalue weighted by Gasteiger charge is -2.23. The van der Waals surface area contributed by atoms with Gasteiger partial charge in [-0.1, -0.05) is 42.5 Å². The lowest BCUT2D eigenvalue weighted by Crippen LogP contribution is -2.43. The summed E-state index contributed by atoms with van der Waals surface area (Å²) >= 11 is 4.47. The molecule has 1 aliphatic rings. The summed E-state index contributed by atoms with van der Waals surface area (Å²) in [6.45, 7) is 2.21. The maximum Gasteiger partial charge on any atom is 0.310 e. The molecule has 0 aromatic heterocycles. The first-order valence-corrected chi connectivity index (χ1v) is 13.0. The quantitative estimate of drug-likeness (QED) is 0.383. The highest BCUT2D eigenvalue weighted by Crippen LogP contribution is 2.31. The predicted octanol–water partition coefficient (Wildman–Crippen LogP) is 3.65. The number of carbonyl (C=O) groups is 2. The number of carbonyl (C=O) groups excluding carboxylic acids is 2. The summed E-state index contributed by atoms with van der Waals surface area (Å²) in [6, 6.07) is 18.4. The van der Waals surface area contributed by atoms with Crippen LogP contribution in [-0.2, 0) is 30.8 Å². The molecule has 1 amide bonds. The van der Waals surface area contributed by atoms with Crippen LogP contribution in [0.25, 0.3) is 10.8 Å². The Morgan fingerprint density at radius 1 is 1.06 bits per heavy atom. The molecule has 2 atom stereocenters. The summed E-state index contributed by atoms with van der Waals surface area (Å²) in [6.07, 6.45) is 0.451. The van der Waals surface area contributed by atoms with Crippen LogP contribution in [0.4, 0.5) is 5.69 Å². The monoisotopic (exact) mass is 498 g/mol. The molecule has 3 aromatic carbocycles. The van der Waals surface area contributed by atoms with Gasteiger partial charge in [-0.25, -0.2) is 8.42 Å². The van der Waals surface area contributed by atoms with Crippen LogP contribution in [0.5, 0.6) is 0 Å². The van der Waals surface area contributed by atoms with Gasteiger partial charge >= 0.3 is 5.97 Å². The topological polar surface area (TPSA) is 92.8 Å². The second kappa shape index (κ2) is 10.2. The Hall–Kier alpha value is -2.88. The number of esters is 1. The fourth-order valence-electron chi connectivity index (χ4n) is 4.06. The Kier molecular flexibility index (Phi) is 7.25. The van der Waals surface area contributed by atoms with E-state index in [0.717, 1.165) is 16.3 Å². The van der Waals surface area contributed by atoms with Crippen molar-refractivity contribution in [3.05, 3.63) is 72.3 Å². The number of ether oxygens (including phenoxy) is 1. The van der Waals surface area contributed by atoms with Crippen molar-refractivity contribution in [1.29, 1.82) is 0 Å². The summed E-state index contributed by atoms with van der Waals surface area (Å²) in [4.78, 5) is 24.9. The Bertz CT molecular complexity index is 1310. The van der Waals surface area contributed by atoms with Crippen molar-refractivity contribution in [3.8, 4) is 0 Å². The van der Waals surface area contributed by atoms with Gasteiger partial charge in [0.05, 0.1) is 17.9 Å². The molecule has 0 aliphatic carbocycles. The van der Waals surface area contributed by atoms with Crippen molar-refractivity contribution in [2.75, 3.05) is 18.5 Å². The van der Waals surface area contributed by atoms with E-state index in [4.69, 9.17) is 4.74 Å². The van der Waals surface area contributed by atoms with Crippen molar-refractivity contribution >= 4 is 51.0 Å². The first-order valence-electron chi connectivity index (χ1n) is 11.0. The Balaban J connectivity index is 1.51. The lowest BCUT2D eigenvalue weighted by molar-refractivity contribution is -0.142. The average molecular weight is 499 g/mol. The van der Waals surface area contributed by atoms with E-state index in [9.17, 15) is 18.0 Å². The van der Waals surface area contributed by atoms with E-state index in [-0.39, 0.29) is 29.1 Å². The van der Waals surface area contributed by atoms with Crippen molar-refractivity contribution in [2.24, 2.45) is 0 Å². The van der Waals surface area contributed by atoms with Crippen LogP contribution in [0.2, 0.25) is 0 Å². The molecule has 34 heavy (non-hydrogen) atoms. The van der Waals surface area contributed by atoms with Crippen molar-refractivity contribution < 1.29 is 22.7 Å². The fraction of sp³-hybridized carbons (Fsp3) is 0.280. The Labute approximate surface area is 204 Å². The molecule has 1 saturated heterocycles. The molecule has 9 heteroatoms. The molecule has 1 fully saturated rings. The van der Waals surface area contributed by atoms with Crippen LogP contribution in [0.15, 0.2) is 71.6 Å². The van der Waals surface area contributed by atoms with E-state index >= 15 is 0 Å². The number of hydrogen-bond acceptors (Lipinski definition) is 6. The zero-order chi connectivity index (χ0) is 24.3. The second-order valence-electron chi connectivity index (χ2n) is 8.16. The molecule has 1 N–H and O–H groups in total. The van der Waals surface area contributed by atoms with Gasteiger partial charge in [-0.15, -0.1) is 0 Å². The molecule has 1 heterocycles. The molecule has 0 spiro atoms. The van der Waals surface area contributed by atoms with Crippen molar-refractivity contribution in [2.45, 2.75) is 36.0 Å². The highest BCUT2D eigenvalue weighted by molar-refractivity contribution is 7.89. The van der Waals surface area contributed by atoms with Crippen LogP contribution in [0.3, 0.4) is 0 Å². The summed E-state index contributed by atoms with van der Waals surface area (Å²) in [5, 5.41) is 4.30. The van der Waals surface area contributed by atoms with E-state index < -0.39 is 22.0 Å². The standard InChI is InChI=1S/C25H26N2O5S2/c1-2-32-24(28)13-17-7-10-20(11-8-17)26-25(29)23-15-21(33)16-27(23)34(30,31)22-12-9-18-5-3-4-6-19(18)14-22/h3-12,14,21,23,33H,2,13,15-16H2,1H3,(H,26,29). The SMILES string of the molecule is CCOC(=O)Cc1ccc(NC(=O)C2CC(S)CN2S(=O)(=O)c2ccc3ccccc3c2)cc1. The molecule has 178 valence electrons. The number of sulfonamides is 1. The van der Waals surface area contributed by atoms with Gasteiger partial charge in [-0.05, 0) is 53.9 Å². The zero-order valence-corrected chi connectivity index (χ0v) is 20.4. The molecular formula is C25H26N2O5S2. The predicted molar refractivity (Wildman–Crippen MR) is 134 cm³/mol. The van der Waals surface area contributed by atoms with Crippen LogP contribution in [0.1, 0.15) is 18.9 Å². The molecule has 0 saturated carbocycles. The van der Waals surface area contributed by atoms with E-state index in [1.165, 1.54) is 4.31 Å². The zero-order valence-electron chi connectivity index (χ0n) is 18.7. The van der Waals surface area contributed by atoms with Crippen LogP contribution in [-0.4, -0.2) is 49.0 Å². The van der Waals surface area contributed by atoms with Crippen LogP contribution in [0, 0.1) is 0 Å². The third-order valence-corrected chi connectivity index (χ3v) is 7.98. The number of amides is 1. The number of anilines is 1. The van der Waals surface area contributed by atoms with Crippen molar-refractivity contribution in [3.63, 3.8) is 0 Å². The third kappa shape index (κ3) is 5.27. The third-order valence-electron chi connectivity index (χ3n) is 5.74. The van der Waals surface area contributed by atoms with Crippen LogP contribution < -0.4 is 5.32 Å². The first kappa shape index (κ1) is 24.3. The van der Waals surface area contributed by atoms with E-state index in [1.807, 2.05) is 24.3 Å². The number of nitrogens with one attached hydrogen (secondary N) is 1. The van der Waals surface area contributed by atoms with Gasteiger partial charge in [-0.2, -0.15) is 16.9 Å². The number of benzene rings is 3. The molecule has 0 bridgehead atoms. The normalized spacial score (nSPS) is 18.6. The molecule has 7 nitrogen and oxygen atoms in total. The summed E-state index contributed by atoms with van der Waals surface area (Å²) < 4.78 is 33.1. The minimum Gasteiger partial charge on any atom is -0.466 e. The number of rotatable bonds is 7. The van der Waals surface area contributed by atoms with Gasteiger partial charge < -0.3 is 10.1 Å². The minimum atomic E-state index is -3.90. The Morgan fingerprint density at radius 3 is 2.47 bits per heavy atom. The van der Waals surface area contributed by atoms with E-state index in [2.05, 4.69) is 17.9 Å². The smallest absolute Gasteiger partial charge is 0.310 e. The molecule has 4 rings (SSSR count). The second-order valence-corrected chi connectivity index (χ2v) is 10.8. The highest BCUT2D eigenvalue weighted by atomic mass is 32.2. The Morgan fingerprint density at radius 2 is 1.76 bits per heavy atom. The maximum absolute atomic E-state index is 13.5. The van der Waals surface area contributed by atoms with Gasteiger partial charge in [0.15, 0.2) is 0 Å². The van der Waals surface area contributed by atoms with Gasteiger partial charge in [0.25, 0.3) is 0 Å². The molecule has 2 unspecified atom stereocenters. The number of nitrogens with zero attached hydrogens (tertiary/aromatic N) is 1. The highest BCUT2D eigenvalue weighted by Gasteiger charge is 2.43. The average Bonchev–Trinajstić information content (AvgIpc) is 3.23. The molecular weight excluding hydrogens is 472 g/mol. The largest absolute Gasteiger partial charge is 0.466 e. The maximum atomic E-state index is 13.5.